The Balaban J connectivity index is 2.04. The van der Waals surface area contributed by atoms with Crippen LogP contribution in [0.3, 0.4) is 0 Å². The van der Waals surface area contributed by atoms with Crippen LogP contribution in [0.1, 0.15) is 12.8 Å². The molecule has 0 amide bonds. The van der Waals surface area contributed by atoms with E-state index in [1.165, 1.54) is 35.7 Å². The molecule has 3 rings (SSSR count). The van der Waals surface area contributed by atoms with E-state index in [2.05, 4.69) is 4.72 Å². The van der Waals surface area contributed by atoms with Crippen molar-refractivity contribution < 1.29 is 21.6 Å². The van der Waals surface area contributed by atoms with E-state index in [1.807, 2.05) is 0 Å². The minimum Gasteiger partial charge on any atom is -0.495 e. The lowest BCUT2D eigenvalue weighted by Gasteiger charge is -2.28. The largest absolute Gasteiger partial charge is 0.495 e. The van der Waals surface area contributed by atoms with Crippen LogP contribution in [0, 0.1) is 0 Å². The summed E-state index contributed by atoms with van der Waals surface area (Å²) in [6, 6.07) is 10.7. The first kappa shape index (κ1) is 19.8. The number of benzene rings is 2. The Kier molecular flexibility index (Phi) is 5.55. The number of methoxy groups -OCH3 is 1. The monoisotopic (exact) mass is 430 g/mol. The van der Waals surface area contributed by atoms with Gasteiger partial charge in [0.2, 0.25) is 10.0 Å². The highest BCUT2D eigenvalue weighted by molar-refractivity contribution is 7.93. The smallest absolute Gasteiger partial charge is 0.265 e. The summed E-state index contributed by atoms with van der Waals surface area (Å²) in [4.78, 5) is -0.164. The summed E-state index contributed by atoms with van der Waals surface area (Å²) in [7, 11) is -6.18. The highest BCUT2D eigenvalue weighted by Crippen LogP contribution is 2.33. The molecule has 1 N–H and O–H groups in total. The highest BCUT2D eigenvalue weighted by atomic mass is 35.5. The molecule has 0 radical (unpaired) electrons. The van der Waals surface area contributed by atoms with Gasteiger partial charge in [-0.1, -0.05) is 23.7 Å². The summed E-state index contributed by atoms with van der Waals surface area (Å²) < 4.78 is 59.4. The van der Waals surface area contributed by atoms with Crippen LogP contribution < -0.4 is 13.8 Å². The molecule has 1 fully saturated rings. The Labute approximate surface area is 164 Å². The molecule has 0 atom stereocenters. The van der Waals surface area contributed by atoms with Crippen LogP contribution in [0.2, 0.25) is 5.02 Å². The van der Waals surface area contributed by atoms with E-state index in [-0.39, 0.29) is 32.8 Å². The third-order valence-electron chi connectivity index (χ3n) is 4.19. The van der Waals surface area contributed by atoms with E-state index < -0.39 is 20.0 Å². The molecule has 2 aromatic carbocycles. The molecule has 1 aliphatic rings. The summed E-state index contributed by atoms with van der Waals surface area (Å²) >= 11 is 6.04. The molecule has 0 spiro atoms. The zero-order valence-corrected chi connectivity index (χ0v) is 16.9. The summed E-state index contributed by atoms with van der Waals surface area (Å²) in [5, 5.41) is 0.245. The van der Waals surface area contributed by atoms with E-state index in [0.717, 1.165) is 0 Å². The van der Waals surface area contributed by atoms with Crippen molar-refractivity contribution in [3.63, 3.8) is 0 Å². The van der Waals surface area contributed by atoms with Crippen molar-refractivity contribution in [3.05, 3.63) is 47.5 Å². The molecule has 1 heterocycles. The lowest BCUT2D eigenvalue weighted by molar-refractivity contribution is 0.403. The molecule has 146 valence electrons. The molecule has 0 saturated carbocycles. The quantitative estimate of drug-likeness (QED) is 0.786. The number of anilines is 2. The number of nitrogens with zero attached hydrogens (tertiary/aromatic N) is 1. The molecular weight excluding hydrogens is 412 g/mol. The molecule has 2 aromatic rings. The maximum atomic E-state index is 12.9. The molecule has 1 aliphatic heterocycles. The van der Waals surface area contributed by atoms with E-state index in [1.54, 1.807) is 18.2 Å². The lowest BCUT2D eigenvalue weighted by Crippen LogP contribution is -2.37. The molecule has 0 aliphatic carbocycles. The van der Waals surface area contributed by atoms with Crippen molar-refractivity contribution in [3.8, 4) is 5.75 Å². The van der Waals surface area contributed by atoms with Gasteiger partial charge in [0.15, 0.2) is 0 Å². The van der Waals surface area contributed by atoms with Gasteiger partial charge in [-0.15, -0.1) is 0 Å². The fraction of sp³-hybridized carbons (Fsp3) is 0.294. The number of ether oxygens (including phenoxy) is 1. The first-order chi connectivity index (χ1) is 12.7. The second kappa shape index (κ2) is 7.57. The normalized spacial score (nSPS) is 16.7. The average Bonchev–Trinajstić information content (AvgIpc) is 2.63. The van der Waals surface area contributed by atoms with Gasteiger partial charge in [0.05, 0.1) is 29.3 Å². The number of nitrogens with one attached hydrogen (secondary N) is 1. The van der Waals surface area contributed by atoms with Gasteiger partial charge >= 0.3 is 0 Å². The number of sulfonamides is 2. The van der Waals surface area contributed by atoms with Crippen LogP contribution in [0.5, 0.6) is 5.75 Å². The minimum atomic E-state index is -4.06. The second-order valence-electron chi connectivity index (χ2n) is 6.02. The van der Waals surface area contributed by atoms with Crippen LogP contribution >= 0.6 is 11.6 Å². The summed E-state index contributed by atoms with van der Waals surface area (Å²) in [5.74, 6) is 0.145. The van der Waals surface area contributed by atoms with Gasteiger partial charge in [0, 0.05) is 6.54 Å². The highest BCUT2D eigenvalue weighted by Gasteiger charge is 2.29. The molecular formula is C17H19ClN2O5S2. The predicted molar refractivity (Wildman–Crippen MR) is 106 cm³/mol. The predicted octanol–water partition coefficient (Wildman–Crippen LogP) is 3.08. The van der Waals surface area contributed by atoms with Crippen molar-refractivity contribution in [2.24, 2.45) is 0 Å². The zero-order chi connectivity index (χ0) is 19.7. The van der Waals surface area contributed by atoms with Crippen molar-refractivity contribution in [1.82, 2.24) is 0 Å². The van der Waals surface area contributed by atoms with Crippen LogP contribution in [0.15, 0.2) is 47.4 Å². The Hall–Kier alpha value is -1.97. The first-order valence-corrected chi connectivity index (χ1v) is 11.7. The Bertz CT molecular complexity index is 1050. The van der Waals surface area contributed by atoms with Gasteiger partial charge in [0.25, 0.3) is 10.0 Å². The third-order valence-corrected chi connectivity index (χ3v) is 7.78. The number of hydrogen-bond acceptors (Lipinski definition) is 5. The fourth-order valence-corrected chi connectivity index (χ4v) is 5.99. The van der Waals surface area contributed by atoms with Crippen molar-refractivity contribution in [1.29, 1.82) is 0 Å². The summed E-state index contributed by atoms with van der Waals surface area (Å²) in [6.07, 6.45) is 1.30. The molecule has 0 bridgehead atoms. The zero-order valence-electron chi connectivity index (χ0n) is 14.6. The van der Waals surface area contributed by atoms with Crippen molar-refractivity contribution in [2.45, 2.75) is 17.7 Å². The third kappa shape index (κ3) is 4.15. The van der Waals surface area contributed by atoms with Gasteiger partial charge in [0.1, 0.15) is 10.6 Å². The number of halogens is 1. The van der Waals surface area contributed by atoms with Crippen molar-refractivity contribution >= 4 is 43.0 Å². The Morgan fingerprint density at radius 1 is 1.15 bits per heavy atom. The molecule has 0 aromatic heterocycles. The lowest BCUT2D eigenvalue weighted by atomic mass is 10.2. The first-order valence-electron chi connectivity index (χ1n) is 8.20. The molecule has 7 nitrogen and oxygen atoms in total. The molecule has 1 saturated heterocycles. The Morgan fingerprint density at radius 2 is 1.89 bits per heavy atom. The van der Waals surface area contributed by atoms with E-state index in [4.69, 9.17) is 16.3 Å². The van der Waals surface area contributed by atoms with Gasteiger partial charge in [-0.25, -0.2) is 16.8 Å². The van der Waals surface area contributed by atoms with E-state index >= 15 is 0 Å². The SMILES string of the molecule is COc1ccc(N2CCCCS2(=O)=O)cc1S(=O)(=O)Nc1ccccc1Cl. The maximum absolute atomic E-state index is 12.9. The molecule has 10 heteroatoms. The van der Waals surface area contributed by atoms with Crippen LogP contribution in [0.25, 0.3) is 0 Å². The van der Waals surface area contributed by atoms with E-state index in [9.17, 15) is 16.8 Å². The number of hydrogen-bond donors (Lipinski definition) is 1. The van der Waals surface area contributed by atoms with Crippen LogP contribution in [-0.4, -0.2) is 36.2 Å². The maximum Gasteiger partial charge on any atom is 0.265 e. The number of rotatable bonds is 5. The van der Waals surface area contributed by atoms with Gasteiger partial charge in [-0.05, 0) is 43.2 Å². The fourth-order valence-electron chi connectivity index (χ4n) is 2.85. The van der Waals surface area contributed by atoms with Gasteiger partial charge < -0.3 is 4.74 Å². The van der Waals surface area contributed by atoms with Crippen LogP contribution in [0.4, 0.5) is 11.4 Å². The average molecular weight is 431 g/mol. The topological polar surface area (TPSA) is 92.8 Å². The van der Waals surface area contributed by atoms with Crippen LogP contribution in [-0.2, 0) is 20.0 Å². The second-order valence-corrected chi connectivity index (χ2v) is 10.1. The standard InChI is InChI=1S/C17H19ClN2O5S2/c1-25-16-9-8-13(20-10-4-5-11-26(20,21)22)12-17(16)27(23,24)19-15-7-3-2-6-14(15)18/h2-3,6-9,12,19H,4-5,10-11H2,1H3. The van der Waals surface area contributed by atoms with Crippen molar-refractivity contribution in [2.75, 3.05) is 28.4 Å². The van der Waals surface area contributed by atoms with E-state index in [0.29, 0.717) is 19.4 Å². The summed E-state index contributed by atoms with van der Waals surface area (Å²) in [6.45, 7) is 0.312. The Morgan fingerprint density at radius 3 is 2.56 bits per heavy atom. The summed E-state index contributed by atoms with van der Waals surface area (Å²) in [5.41, 5.74) is 0.507. The van der Waals surface area contributed by atoms with Gasteiger partial charge in [-0.2, -0.15) is 0 Å². The number of para-hydroxylation sites is 1. The molecule has 27 heavy (non-hydrogen) atoms. The van der Waals surface area contributed by atoms with Gasteiger partial charge in [-0.3, -0.25) is 9.03 Å². The minimum absolute atomic E-state index is 0.0407. The molecule has 0 unspecified atom stereocenters.